The third kappa shape index (κ3) is 3.72. The van der Waals surface area contributed by atoms with Gasteiger partial charge in [-0.25, -0.2) is 4.79 Å². The lowest BCUT2D eigenvalue weighted by atomic mass is 9.99. The Morgan fingerprint density at radius 2 is 1.82 bits per heavy atom. The SMILES string of the molecule is CCn1c(=O)n(CC)c2cc(CN3CCC(c4cc(C(N)=O)c5ccccc5n4)C3)ccc21. The van der Waals surface area contributed by atoms with Crippen LogP contribution in [-0.4, -0.2) is 38.0 Å². The predicted octanol–water partition coefficient (Wildman–Crippen LogP) is 3.48. The van der Waals surface area contributed by atoms with Crippen LogP contribution in [0.15, 0.2) is 53.3 Å². The van der Waals surface area contributed by atoms with Crippen LogP contribution in [0.4, 0.5) is 0 Å². The maximum atomic E-state index is 12.7. The van der Waals surface area contributed by atoms with Crippen molar-refractivity contribution >= 4 is 27.8 Å². The quantitative estimate of drug-likeness (QED) is 0.494. The summed E-state index contributed by atoms with van der Waals surface area (Å²) in [5.74, 6) is -0.162. The zero-order valence-electron chi connectivity index (χ0n) is 19.1. The molecule has 1 atom stereocenters. The number of para-hydroxylation sites is 1. The van der Waals surface area contributed by atoms with Crippen molar-refractivity contribution in [2.45, 2.75) is 45.8 Å². The topological polar surface area (TPSA) is 86.1 Å². The molecule has 0 aliphatic carbocycles. The van der Waals surface area contributed by atoms with E-state index in [4.69, 9.17) is 10.7 Å². The molecule has 2 N–H and O–H groups in total. The highest BCUT2D eigenvalue weighted by Gasteiger charge is 2.26. The van der Waals surface area contributed by atoms with Crippen LogP contribution in [0.1, 0.15) is 47.8 Å². The summed E-state index contributed by atoms with van der Waals surface area (Å²) in [6.45, 7) is 7.99. The minimum atomic E-state index is -0.418. The van der Waals surface area contributed by atoms with Crippen LogP contribution >= 0.6 is 0 Å². The Hall–Kier alpha value is -3.45. The Kier molecular flexibility index (Phi) is 5.50. The van der Waals surface area contributed by atoms with Crippen LogP contribution in [0, 0.1) is 0 Å². The molecule has 0 saturated carbocycles. The Balaban J connectivity index is 1.40. The number of fused-ring (bicyclic) bond motifs is 2. The second-order valence-electron chi connectivity index (χ2n) is 8.79. The molecule has 0 spiro atoms. The van der Waals surface area contributed by atoms with E-state index in [0.29, 0.717) is 18.7 Å². The van der Waals surface area contributed by atoms with Gasteiger partial charge in [0.1, 0.15) is 0 Å². The molecule has 33 heavy (non-hydrogen) atoms. The van der Waals surface area contributed by atoms with E-state index in [2.05, 4.69) is 23.1 Å². The molecule has 1 aliphatic heterocycles. The van der Waals surface area contributed by atoms with Gasteiger partial charge in [-0.15, -0.1) is 0 Å². The Labute approximate surface area is 192 Å². The maximum absolute atomic E-state index is 12.7. The first kappa shape index (κ1) is 21.4. The molecule has 1 aliphatic rings. The number of aryl methyl sites for hydroxylation is 2. The van der Waals surface area contributed by atoms with E-state index in [-0.39, 0.29) is 11.6 Å². The van der Waals surface area contributed by atoms with Gasteiger partial charge in [0.05, 0.1) is 22.1 Å². The smallest absolute Gasteiger partial charge is 0.329 e. The van der Waals surface area contributed by atoms with E-state index in [0.717, 1.165) is 53.7 Å². The number of likely N-dealkylation sites (tertiary alicyclic amines) is 1. The highest BCUT2D eigenvalue weighted by atomic mass is 16.2. The summed E-state index contributed by atoms with van der Waals surface area (Å²) in [4.78, 5) is 32.0. The van der Waals surface area contributed by atoms with Crippen molar-refractivity contribution in [3.63, 3.8) is 0 Å². The Morgan fingerprint density at radius 1 is 1.06 bits per heavy atom. The predicted molar refractivity (Wildman–Crippen MR) is 130 cm³/mol. The third-order valence-corrected chi connectivity index (χ3v) is 6.81. The number of nitrogens with zero attached hydrogens (tertiary/aromatic N) is 4. The number of pyridine rings is 1. The Morgan fingerprint density at radius 3 is 2.58 bits per heavy atom. The number of rotatable bonds is 6. The molecule has 1 unspecified atom stereocenters. The van der Waals surface area contributed by atoms with E-state index in [1.54, 1.807) is 0 Å². The van der Waals surface area contributed by atoms with Gasteiger partial charge in [-0.2, -0.15) is 0 Å². The zero-order valence-corrected chi connectivity index (χ0v) is 19.1. The third-order valence-electron chi connectivity index (χ3n) is 6.81. The number of aromatic nitrogens is 3. The number of carbonyl (C=O) groups excluding carboxylic acids is 1. The number of hydrogen-bond donors (Lipinski definition) is 1. The summed E-state index contributed by atoms with van der Waals surface area (Å²) < 4.78 is 3.68. The minimum Gasteiger partial charge on any atom is -0.366 e. The summed E-state index contributed by atoms with van der Waals surface area (Å²) in [5.41, 5.74) is 11.2. The van der Waals surface area contributed by atoms with E-state index < -0.39 is 5.91 Å². The summed E-state index contributed by atoms with van der Waals surface area (Å²) in [7, 11) is 0. The molecule has 2 aromatic carbocycles. The van der Waals surface area contributed by atoms with Crippen LogP contribution in [0.25, 0.3) is 21.9 Å². The number of nitrogens with two attached hydrogens (primary N) is 1. The van der Waals surface area contributed by atoms with Gasteiger partial charge >= 0.3 is 5.69 Å². The van der Waals surface area contributed by atoms with Gasteiger partial charge in [-0.3, -0.25) is 23.8 Å². The molecule has 5 rings (SSSR count). The van der Waals surface area contributed by atoms with Gasteiger partial charge in [-0.1, -0.05) is 24.3 Å². The first-order chi connectivity index (χ1) is 16.0. The molecule has 4 aromatic rings. The average Bonchev–Trinajstić information content (AvgIpc) is 3.39. The molecule has 0 bridgehead atoms. The van der Waals surface area contributed by atoms with Crippen molar-refractivity contribution in [2.75, 3.05) is 13.1 Å². The lowest BCUT2D eigenvalue weighted by Crippen LogP contribution is -2.23. The van der Waals surface area contributed by atoms with E-state index in [9.17, 15) is 9.59 Å². The van der Waals surface area contributed by atoms with Crippen LogP contribution in [0.5, 0.6) is 0 Å². The standard InChI is InChI=1S/C26H29N5O2/c1-3-30-23-10-9-17(13-24(23)31(4-2)26(30)33)15-29-12-11-18(16-29)22-14-20(25(27)32)19-7-5-6-8-21(19)28-22/h5-10,13-14,18H,3-4,11-12,15-16H2,1-2H3,(H2,27,32). The van der Waals surface area contributed by atoms with Crippen LogP contribution in [0.2, 0.25) is 0 Å². The number of carbonyl (C=O) groups is 1. The van der Waals surface area contributed by atoms with Crippen molar-refractivity contribution in [3.8, 4) is 0 Å². The molecule has 1 amide bonds. The largest absolute Gasteiger partial charge is 0.366 e. The normalized spacial score (nSPS) is 16.7. The van der Waals surface area contributed by atoms with Crippen molar-refractivity contribution in [3.05, 3.63) is 75.8 Å². The molecule has 170 valence electrons. The molecular formula is C26H29N5O2. The average molecular weight is 444 g/mol. The number of benzene rings is 2. The first-order valence-electron chi connectivity index (χ1n) is 11.6. The van der Waals surface area contributed by atoms with Crippen molar-refractivity contribution in [1.82, 2.24) is 19.0 Å². The second-order valence-corrected chi connectivity index (χ2v) is 8.79. The zero-order chi connectivity index (χ0) is 23.1. The number of amides is 1. The lowest BCUT2D eigenvalue weighted by molar-refractivity contribution is 0.100. The van der Waals surface area contributed by atoms with Gasteiger partial charge in [0, 0.05) is 43.2 Å². The molecule has 1 fully saturated rings. The van der Waals surface area contributed by atoms with Gasteiger partial charge in [0.15, 0.2) is 0 Å². The van der Waals surface area contributed by atoms with Gasteiger partial charge in [-0.05, 0) is 56.6 Å². The van der Waals surface area contributed by atoms with Gasteiger partial charge in [0.2, 0.25) is 5.91 Å². The molecule has 7 heteroatoms. The second kappa shape index (κ2) is 8.48. The summed E-state index contributed by atoms with van der Waals surface area (Å²) in [6, 6.07) is 15.9. The van der Waals surface area contributed by atoms with Gasteiger partial charge < -0.3 is 5.73 Å². The van der Waals surface area contributed by atoms with Crippen LogP contribution in [-0.2, 0) is 19.6 Å². The number of imidazole rings is 1. The van der Waals surface area contributed by atoms with Crippen LogP contribution in [0.3, 0.4) is 0 Å². The molecule has 3 heterocycles. The van der Waals surface area contributed by atoms with Crippen LogP contribution < -0.4 is 11.4 Å². The van der Waals surface area contributed by atoms with E-state index >= 15 is 0 Å². The number of primary amides is 1. The fourth-order valence-electron chi connectivity index (χ4n) is 5.16. The van der Waals surface area contributed by atoms with E-state index in [1.165, 1.54) is 5.56 Å². The molecular weight excluding hydrogens is 414 g/mol. The van der Waals surface area contributed by atoms with Crippen molar-refractivity contribution in [1.29, 1.82) is 0 Å². The summed E-state index contributed by atoms with van der Waals surface area (Å²) in [5, 5.41) is 0.804. The highest BCUT2D eigenvalue weighted by Crippen LogP contribution is 2.30. The number of hydrogen-bond acceptors (Lipinski definition) is 4. The Bertz CT molecular complexity index is 1420. The molecule has 2 aromatic heterocycles. The summed E-state index contributed by atoms with van der Waals surface area (Å²) >= 11 is 0. The van der Waals surface area contributed by atoms with Gasteiger partial charge in [0.25, 0.3) is 0 Å². The fraction of sp³-hybridized carbons (Fsp3) is 0.346. The fourth-order valence-corrected chi connectivity index (χ4v) is 5.16. The van der Waals surface area contributed by atoms with Crippen molar-refractivity contribution < 1.29 is 4.79 Å². The van der Waals surface area contributed by atoms with E-state index in [1.807, 2.05) is 53.3 Å². The molecule has 1 saturated heterocycles. The minimum absolute atomic E-state index is 0.0565. The maximum Gasteiger partial charge on any atom is 0.329 e. The van der Waals surface area contributed by atoms with Crippen molar-refractivity contribution in [2.24, 2.45) is 5.73 Å². The monoisotopic (exact) mass is 443 g/mol. The highest BCUT2D eigenvalue weighted by molar-refractivity contribution is 6.05. The summed E-state index contributed by atoms with van der Waals surface area (Å²) in [6.07, 6.45) is 0.984. The lowest BCUT2D eigenvalue weighted by Gasteiger charge is -2.17. The first-order valence-corrected chi connectivity index (χ1v) is 11.6. The molecule has 0 radical (unpaired) electrons. The molecule has 7 nitrogen and oxygen atoms in total.